The molecule has 0 aliphatic heterocycles. The summed E-state index contributed by atoms with van der Waals surface area (Å²) in [5.74, 6) is 0. The van der Waals surface area contributed by atoms with E-state index in [2.05, 4.69) is 16.0 Å². The maximum Gasteiger partial charge on any atom is 0.101 e. The van der Waals surface area contributed by atoms with Gasteiger partial charge in [0, 0.05) is 54.8 Å². The highest BCUT2D eigenvalue weighted by Crippen LogP contribution is 2.20. The highest BCUT2D eigenvalue weighted by atomic mass is 16.3. The van der Waals surface area contributed by atoms with Crippen molar-refractivity contribution in [2.45, 2.75) is 78.0 Å². The fraction of sp³-hybridized carbons (Fsp3) is 0.417. The number of hydrogen-bond donors (Lipinski definition) is 9. The van der Waals surface area contributed by atoms with Crippen molar-refractivity contribution in [2.24, 2.45) is 0 Å². The molecule has 12 N–H and O–H groups in total. The molecule has 3 rings (SSSR count). The third kappa shape index (κ3) is 14.8. The number of nitrogen functional groups attached to an aromatic ring is 3. The van der Waals surface area contributed by atoms with E-state index in [-0.39, 0.29) is 0 Å². The van der Waals surface area contributed by atoms with Gasteiger partial charge in [-0.1, -0.05) is 59.7 Å². The Bertz CT molecular complexity index is 1370. The van der Waals surface area contributed by atoms with E-state index >= 15 is 0 Å². The second-order valence-corrected chi connectivity index (χ2v) is 12.1. The second-order valence-electron chi connectivity index (χ2n) is 12.1. The van der Waals surface area contributed by atoms with Gasteiger partial charge >= 0.3 is 0 Å². The van der Waals surface area contributed by atoms with Crippen LogP contribution < -0.4 is 33.2 Å². The lowest BCUT2D eigenvalue weighted by Crippen LogP contribution is -2.27. The molecule has 3 unspecified atom stereocenters. The topological polar surface area (TPSA) is 246 Å². The molecular weight excluding hydrogens is 606 g/mol. The Balaban J connectivity index is 0.000000360. The Hall–Kier alpha value is -4.71. The van der Waals surface area contributed by atoms with E-state index in [0.29, 0.717) is 88.2 Å². The van der Waals surface area contributed by atoms with Gasteiger partial charge in [-0.3, -0.25) is 0 Å². The lowest BCUT2D eigenvalue weighted by Gasteiger charge is -2.14. The summed E-state index contributed by atoms with van der Waals surface area (Å²) in [7, 11) is 0. The van der Waals surface area contributed by atoms with E-state index in [0.717, 1.165) is 0 Å². The molecule has 48 heavy (non-hydrogen) atoms. The van der Waals surface area contributed by atoms with Crippen LogP contribution in [0.4, 0.5) is 17.1 Å². The first kappa shape index (κ1) is 41.3. The molecule has 0 bridgehead atoms. The number of anilines is 3. The number of nitriles is 3. The number of hydrogen-bond acceptors (Lipinski definition) is 12. The average Bonchev–Trinajstić information content (AvgIpc) is 3.06. The van der Waals surface area contributed by atoms with Crippen molar-refractivity contribution in [3.8, 4) is 18.2 Å². The summed E-state index contributed by atoms with van der Waals surface area (Å²) in [5, 5.41) is 65.4. The van der Waals surface area contributed by atoms with Crippen LogP contribution in [-0.4, -0.2) is 53.1 Å². The summed E-state index contributed by atoms with van der Waals surface area (Å²) in [4.78, 5) is 0. The van der Waals surface area contributed by atoms with Crippen LogP contribution in [0.2, 0.25) is 0 Å². The second kappa shape index (κ2) is 21.2. The van der Waals surface area contributed by atoms with Gasteiger partial charge in [-0.05, 0) is 53.1 Å². The van der Waals surface area contributed by atoms with Crippen molar-refractivity contribution in [3.63, 3.8) is 0 Å². The molecule has 0 saturated carbocycles. The lowest BCUT2D eigenvalue weighted by atomic mass is 10.0. The fourth-order valence-electron chi connectivity index (χ4n) is 4.03. The molecule has 12 nitrogen and oxygen atoms in total. The Kier molecular flexibility index (Phi) is 18.3. The van der Waals surface area contributed by atoms with E-state index in [4.69, 9.17) is 33.0 Å². The van der Waals surface area contributed by atoms with Gasteiger partial charge in [0.2, 0.25) is 0 Å². The van der Waals surface area contributed by atoms with Crippen molar-refractivity contribution < 1.29 is 15.3 Å². The molecule has 3 atom stereocenters. The van der Waals surface area contributed by atoms with Crippen LogP contribution in [0.5, 0.6) is 0 Å². The van der Waals surface area contributed by atoms with Crippen molar-refractivity contribution >= 4 is 17.1 Å². The van der Waals surface area contributed by atoms with Crippen LogP contribution in [0.25, 0.3) is 0 Å². The van der Waals surface area contributed by atoms with E-state index in [9.17, 15) is 15.3 Å². The zero-order valence-corrected chi connectivity index (χ0v) is 28.7. The van der Waals surface area contributed by atoms with Crippen molar-refractivity contribution in [3.05, 3.63) is 88.0 Å². The van der Waals surface area contributed by atoms with Gasteiger partial charge in [0.1, 0.15) is 18.2 Å². The maximum atomic E-state index is 9.87. The molecule has 0 radical (unpaired) electrons. The first-order valence-electron chi connectivity index (χ1n) is 15.8. The van der Waals surface area contributed by atoms with Gasteiger partial charge in [0.15, 0.2) is 0 Å². The molecule has 0 saturated heterocycles. The summed E-state index contributed by atoms with van der Waals surface area (Å²) < 4.78 is 0. The Labute approximate surface area is 284 Å². The zero-order chi connectivity index (χ0) is 36.4. The van der Waals surface area contributed by atoms with Gasteiger partial charge in [-0.25, -0.2) is 0 Å². The van der Waals surface area contributed by atoms with Crippen LogP contribution in [0.3, 0.4) is 0 Å². The van der Waals surface area contributed by atoms with E-state index in [1.54, 1.807) is 54.6 Å². The van der Waals surface area contributed by atoms with Crippen molar-refractivity contribution in [2.75, 3.05) is 36.8 Å². The van der Waals surface area contributed by atoms with Gasteiger partial charge in [0.05, 0.1) is 35.0 Å². The number of aliphatic hydroxyl groups excluding tert-OH is 3. The molecule has 0 spiro atoms. The molecule has 0 fully saturated rings. The SMILES string of the molecule is CC(C)NCC(O)c1ccc(N)c(C#N)c1.CC(C)NCC(O)c1ccc(N)c(C#N)c1.CC(C)NCC(O)c1ccc(N)c(C#N)c1. The van der Waals surface area contributed by atoms with Crippen LogP contribution in [0.1, 0.15) is 93.2 Å². The minimum atomic E-state index is -0.616. The number of rotatable bonds is 12. The number of nitrogens with one attached hydrogen (secondary N) is 3. The van der Waals surface area contributed by atoms with Crippen LogP contribution in [-0.2, 0) is 0 Å². The Morgan fingerprint density at radius 2 is 0.729 bits per heavy atom. The number of nitrogens with two attached hydrogens (primary N) is 3. The first-order valence-corrected chi connectivity index (χ1v) is 15.8. The molecular formula is C36H51N9O3. The predicted molar refractivity (Wildman–Crippen MR) is 191 cm³/mol. The van der Waals surface area contributed by atoms with Crippen LogP contribution >= 0.6 is 0 Å². The standard InChI is InChI=1S/3C12H17N3O/c3*1-8(2)15-7-12(16)9-3-4-11(14)10(5-9)6-13/h3*3-5,8,12,15-16H,7,14H2,1-2H3. The molecule has 0 aliphatic rings. The summed E-state index contributed by atoms with van der Waals surface area (Å²) in [6, 6.07) is 22.0. The zero-order valence-electron chi connectivity index (χ0n) is 28.7. The van der Waals surface area contributed by atoms with Crippen LogP contribution in [0.15, 0.2) is 54.6 Å². The minimum absolute atomic E-state index is 0.318. The monoisotopic (exact) mass is 657 g/mol. The minimum Gasteiger partial charge on any atom is -0.398 e. The molecule has 258 valence electrons. The molecule has 0 aliphatic carbocycles. The average molecular weight is 658 g/mol. The quantitative estimate of drug-likeness (QED) is 0.127. The van der Waals surface area contributed by atoms with Gasteiger partial charge in [-0.2, -0.15) is 15.8 Å². The normalized spacial score (nSPS) is 12.4. The number of aliphatic hydroxyl groups is 3. The summed E-state index contributed by atoms with van der Waals surface area (Å²) in [6.07, 6.45) is -1.85. The molecule has 0 heterocycles. The molecule has 0 amide bonds. The molecule has 3 aromatic carbocycles. The van der Waals surface area contributed by atoms with Crippen molar-refractivity contribution in [1.29, 1.82) is 15.8 Å². The van der Waals surface area contributed by atoms with Crippen LogP contribution in [0, 0.1) is 34.0 Å². The summed E-state index contributed by atoms with van der Waals surface area (Å²) in [5.41, 5.74) is 21.5. The first-order chi connectivity index (χ1) is 22.6. The smallest absolute Gasteiger partial charge is 0.101 e. The summed E-state index contributed by atoms with van der Waals surface area (Å²) in [6.45, 7) is 13.5. The fourth-order valence-corrected chi connectivity index (χ4v) is 4.03. The van der Waals surface area contributed by atoms with E-state index < -0.39 is 18.3 Å². The van der Waals surface area contributed by atoms with Gasteiger partial charge in [0.25, 0.3) is 0 Å². The lowest BCUT2D eigenvalue weighted by molar-refractivity contribution is 0.171. The highest BCUT2D eigenvalue weighted by Gasteiger charge is 2.12. The number of benzene rings is 3. The van der Waals surface area contributed by atoms with E-state index in [1.807, 2.05) is 59.8 Å². The summed E-state index contributed by atoms with van der Waals surface area (Å²) >= 11 is 0. The third-order valence-corrected chi connectivity index (χ3v) is 6.91. The van der Waals surface area contributed by atoms with Gasteiger partial charge in [-0.15, -0.1) is 0 Å². The molecule has 3 aromatic rings. The largest absolute Gasteiger partial charge is 0.398 e. The van der Waals surface area contributed by atoms with E-state index in [1.165, 1.54) is 0 Å². The van der Waals surface area contributed by atoms with Gasteiger partial charge < -0.3 is 48.5 Å². The third-order valence-electron chi connectivity index (χ3n) is 6.91. The maximum absolute atomic E-state index is 9.87. The molecule has 0 aromatic heterocycles. The molecule has 12 heteroatoms. The number of nitrogens with zero attached hydrogens (tertiary/aromatic N) is 3. The highest BCUT2D eigenvalue weighted by molar-refractivity contribution is 5.57. The van der Waals surface area contributed by atoms with Crippen molar-refractivity contribution in [1.82, 2.24) is 16.0 Å². The Morgan fingerprint density at radius 1 is 0.500 bits per heavy atom. The predicted octanol–water partition coefficient (Wildman–Crippen LogP) is 3.52. The Morgan fingerprint density at radius 3 is 0.917 bits per heavy atom.